The topological polar surface area (TPSA) is 110 Å². The maximum Gasteiger partial charge on any atom is 0.471 e. The number of rotatable bonds is 3. The summed E-state index contributed by atoms with van der Waals surface area (Å²) in [6.07, 6.45) is -5.33. The van der Waals surface area contributed by atoms with Gasteiger partial charge in [-0.3, -0.25) is 14.9 Å². The molecule has 11 heteroatoms. The van der Waals surface area contributed by atoms with Gasteiger partial charge in [-0.2, -0.15) is 17.6 Å². The standard InChI is InChI=1S/C9H4F4N2O5/c10-4-2-5(14-8(18)9(11,12)13)3(7(16)17)1-6(4)15(19)20/h1-2H,(H,14,18)(H,16,17). The lowest BCUT2D eigenvalue weighted by molar-refractivity contribution is -0.387. The first-order valence-corrected chi connectivity index (χ1v) is 4.63. The monoisotopic (exact) mass is 296 g/mol. The predicted molar refractivity (Wildman–Crippen MR) is 54.7 cm³/mol. The van der Waals surface area contributed by atoms with Gasteiger partial charge in [-0.05, 0) is 0 Å². The second kappa shape index (κ2) is 5.11. The molecule has 0 fully saturated rings. The normalized spacial score (nSPS) is 11.0. The number of benzene rings is 1. The number of hydrogen-bond acceptors (Lipinski definition) is 4. The molecule has 2 N–H and O–H groups in total. The number of hydrogen-bond donors (Lipinski definition) is 2. The Morgan fingerprint density at radius 1 is 1.30 bits per heavy atom. The highest BCUT2D eigenvalue weighted by atomic mass is 19.4. The van der Waals surface area contributed by atoms with Crippen LogP contribution in [0.1, 0.15) is 10.4 Å². The number of halogens is 4. The van der Waals surface area contributed by atoms with Gasteiger partial charge in [0.15, 0.2) is 0 Å². The van der Waals surface area contributed by atoms with E-state index in [-0.39, 0.29) is 12.1 Å². The summed E-state index contributed by atoms with van der Waals surface area (Å²) >= 11 is 0. The van der Waals surface area contributed by atoms with E-state index in [4.69, 9.17) is 5.11 Å². The van der Waals surface area contributed by atoms with E-state index >= 15 is 0 Å². The summed E-state index contributed by atoms with van der Waals surface area (Å²) in [6.45, 7) is 0. The van der Waals surface area contributed by atoms with Gasteiger partial charge < -0.3 is 10.4 Å². The molecule has 0 aromatic heterocycles. The van der Waals surface area contributed by atoms with Crippen molar-refractivity contribution < 1.29 is 37.2 Å². The van der Waals surface area contributed by atoms with Gasteiger partial charge in [-0.15, -0.1) is 0 Å². The van der Waals surface area contributed by atoms with Crippen LogP contribution in [0.4, 0.5) is 28.9 Å². The van der Waals surface area contributed by atoms with Crippen LogP contribution in [0.25, 0.3) is 0 Å². The van der Waals surface area contributed by atoms with E-state index in [0.717, 1.165) is 5.32 Å². The van der Waals surface area contributed by atoms with Crippen molar-refractivity contribution in [1.82, 2.24) is 0 Å². The average molecular weight is 296 g/mol. The quantitative estimate of drug-likeness (QED) is 0.503. The van der Waals surface area contributed by atoms with Crippen molar-refractivity contribution in [2.24, 2.45) is 0 Å². The van der Waals surface area contributed by atoms with E-state index in [1.807, 2.05) is 0 Å². The number of nitrogens with zero attached hydrogens (tertiary/aromatic N) is 1. The molecule has 1 aromatic carbocycles. The Morgan fingerprint density at radius 2 is 1.85 bits per heavy atom. The van der Waals surface area contributed by atoms with Crippen LogP contribution in [-0.2, 0) is 4.79 Å². The molecule has 108 valence electrons. The second-order valence-electron chi connectivity index (χ2n) is 3.36. The number of aromatic carboxylic acids is 1. The molecule has 0 aliphatic heterocycles. The predicted octanol–water partition coefficient (Wildman–Crippen LogP) is 1.93. The summed E-state index contributed by atoms with van der Waals surface area (Å²) in [7, 11) is 0. The fourth-order valence-corrected chi connectivity index (χ4v) is 1.18. The molecule has 1 aromatic rings. The molecule has 7 nitrogen and oxygen atoms in total. The fourth-order valence-electron chi connectivity index (χ4n) is 1.18. The lowest BCUT2D eigenvalue weighted by Gasteiger charge is -2.10. The maximum absolute atomic E-state index is 13.2. The van der Waals surface area contributed by atoms with Gasteiger partial charge in [-0.25, -0.2) is 4.79 Å². The van der Waals surface area contributed by atoms with E-state index in [1.54, 1.807) is 0 Å². The molecule has 1 amide bonds. The van der Waals surface area contributed by atoms with E-state index < -0.39 is 45.7 Å². The van der Waals surface area contributed by atoms with Gasteiger partial charge in [0.05, 0.1) is 16.2 Å². The first-order chi connectivity index (χ1) is 9.04. The minimum absolute atomic E-state index is 0.130. The highest BCUT2D eigenvalue weighted by molar-refractivity contribution is 6.02. The van der Waals surface area contributed by atoms with Gasteiger partial charge in [0.25, 0.3) is 0 Å². The SMILES string of the molecule is O=C(O)c1cc([N+](=O)[O-])c(F)cc1NC(=O)C(F)(F)F. The van der Waals surface area contributed by atoms with Gasteiger partial charge in [-0.1, -0.05) is 0 Å². The number of carboxylic acid groups (broad SMARTS) is 1. The molecule has 20 heavy (non-hydrogen) atoms. The smallest absolute Gasteiger partial charge is 0.471 e. The summed E-state index contributed by atoms with van der Waals surface area (Å²) in [5.74, 6) is -5.99. The average Bonchev–Trinajstić information content (AvgIpc) is 2.26. The van der Waals surface area contributed by atoms with Gasteiger partial charge >= 0.3 is 23.7 Å². The van der Waals surface area contributed by atoms with Crippen molar-refractivity contribution in [2.45, 2.75) is 6.18 Å². The zero-order valence-electron chi connectivity index (χ0n) is 9.19. The molecule has 0 radical (unpaired) electrons. The number of alkyl halides is 3. The number of anilines is 1. The van der Waals surface area contributed by atoms with Crippen LogP contribution < -0.4 is 5.32 Å². The van der Waals surface area contributed by atoms with Crippen LogP contribution in [0.5, 0.6) is 0 Å². The zero-order chi connectivity index (χ0) is 15.7. The van der Waals surface area contributed by atoms with Crippen LogP contribution in [0.3, 0.4) is 0 Å². The Bertz CT molecular complexity index is 599. The lowest BCUT2D eigenvalue weighted by atomic mass is 10.1. The molecule has 0 spiro atoms. The summed E-state index contributed by atoms with van der Waals surface area (Å²) in [4.78, 5) is 30.6. The molecule has 0 saturated heterocycles. The molecule has 0 saturated carbocycles. The zero-order valence-corrected chi connectivity index (χ0v) is 9.19. The number of nitrogens with one attached hydrogen (secondary N) is 1. The van der Waals surface area contributed by atoms with Gasteiger partial charge in [0.1, 0.15) is 0 Å². The number of nitro groups is 1. The van der Waals surface area contributed by atoms with E-state index in [1.165, 1.54) is 0 Å². The number of nitro benzene ring substituents is 1. The van der Waals surface area contributed by atoms with Crippen LogP contribution >= 0.6 is 0 Å². The number of carboxylic acids is 1. The summed E-state index contributed by atoms with van der Waals surface area (Å²) in [5, 5.41) is 20.2. The Hall–Kier alpha value is -2.72. The Labute approximate surface area is 107 Å². The van der Waals surface area contributed by atoms with Crippen LogP contribution in [0.15, 0.2) is 12.1 Å². The number of carbonyl (C=O) groups is 2. The van der Waals surface area contributed by atoms with Gasteiger partial charge in [0, 0.05) is 12.1 Å². The molecule has 0 bridgehead atoms. The molecule has 0 atom stereocenters. The van der Waals surface area contributed by atoms with Crippen molar-refractivity contribution in [3.05, 3.63) is 33.6 Å². The summed E-state index contributed by atoms with van der Waals surface area (Å²) in [6, 6.07) is 0.342. The van der Waals surface area contributed by atoms with Gasteiger partial charge in [0.2, 0.25) is 5.82 Å². The van der Waals surface area contributed by atoms with Crippen molar-refractivity contribution in [2.75, 3.05) is 5.32 Å². The van der Waals surface area contributed by atoms with Crippen molar-refractivity contribution >= 4 is 23.3 Å². The maximum atomic E-state index is 13.2. The molecular weight excluding hydrogens is 292 g/mol. The van der Waals surface area contributed by atoms with Crippen LogP contribution in [0.2, 0.25) is 0 Å². The Kier molecular flexibility index (Phi) is 3.92. The Balaban J connectivity index is 3.33. The second-order valence-corrected chi connectivity index (χ2v) is 3.36. The van der Waals surface area contributed by atoms with Crippen LogP contribution in [-0.4, -0.2) is 28.1 Å². The van der Waals surface area contributed by atoms with E-state index in [0.29, 0.717) is 0 Å². The molecule has 0 unspecified atom stereocenters. The van der Waals surface area contributed by atoms with E-state index in [2.05, 4.69) is 0 Å². The minimum Gasteiger partial charge on any atom is -0.478 e. The highest BCUT2D eigenvalue weighted by Crippen LogP contribution is 2.27. The third-order valence-corrected chi connectivity index (χ3v) is 2.02. The minimum atomic E-state index is -5.33. The third-order valence-electron chi connectivity index (χ3n) is 2.02. The highest BCUT2D eigenvalue weighted by Gasteiger charge is 2.39. The Morgan fingerprint density at radius 3 is 2.25 bits per heavy atom. The molecule has 0 heterocycles. The fraction of sp³-hybridized carbons (Fsp3) is 0.111. The number of carbonyl (C=O) groups excluding carboxylic acids is 1. The first kappa shape index (κ1) is 15.3. The van der Waals surface area contributed by atoms with E-state index in [9.17, 15) is 37.3 Å². The summed E-state index contributed by atoms with van der Waals surface area (Å²) < 4.78 is 49.3. The van der Waals surface area contributed by atoms with Crippen LogP contribution in [0, 0.1) is 15.9 Å². The van der Waals surface area contributed by atoms with Crippen molar-refractivity contribution in [3.63, 3.8) is 0 Å². The largest absolute Gasteiger partial charge is 0.478 e. The molecular formula is C9H4F4N2O5. The summed E-state index contributed by atoms with van der Waals surface area (Å²) in [5.41, 5.74) is -3.33. The lowest BCUT2D eigenvalue weighted by Crippen LogP contribution is -2.30. The number of amides is 1. The first-order valence-electron chi connectivity index (χ1n) is 4.63. The van der Waals surface area contributed by atoms with Crippen molar-refractivity contribution in [3.8, 4) is 0 Å². The molecule has 1 rings (SSSR count). The molecule has 0 aliphatic carbocycles. The molecule has 0 aliphatic rings. The van der Waals surface area contributed by atoms with Crippen molar-refractivity contribution in [1.29, 1.82) is 0 Å². The third kappa shape index (κ3) is 3.18.